The van der Waals surface area contributed by atoms with Crippen molar-refractivity contribution in [1.29, 1.82) is 0 Å². The van der Waals surface area contributed by atoms with E-state index in [-0.39, 0.29) is 11.6 Å². The van der Waals surface area contributed by atoms with Crippen molar-refractivity contribution in [2.75, 3.05) is 0 Å². The van der Waals surface area contributed by atoms with Gasteiger partial charge >= 0.3 is 0 Å². The lowest BCUT2D eigenvalue weighted by Crippen LogP contribution is -2.52. The van der Waals surface area contributed by atoms with Crippen LogP contribution in [0, 0.1) is 6.92 Å². The first-order valence-electron chi connectivity index (χ1n) is 10.1. The number of hydrogen-bond acceptors (Lipinski definition) is 4. The van der Waals surface area contributed by atoms with Crippen molar-refractivity contribution in [3.63, 3.8) is 0 Å². The molecule has 5 heteroatoms. The normalized spacial score (nSPS) is 27.5. The molecule has 1 unspecified atom stereocenters. The molecular weight excluding hydrogens is 368 g/mol. The highest BCUT2D eigenvalue weighted by atomic mass is 35.5. The minimum Gasteiger partial charge on any atom is -0.303 e. The average Bonchev–Trinajstić information content (AvgIpc) is 2.70. The Bertz CT molecular complexity index is 907. The molecule has 3 atom stereocenters. The van der Waals surface area contributed by atoms with Crippen LogP contribution in [0.25, 0.3) is 0 Å². The van der Waals surface area contributed by atoms with E-state index >= 15 is 0 Å². The van der Waals surface area contributed by atoms with Gasteiger partial charge in [-0.25, -0.2) is 0 Å². The zero-order chi connectivity index (χ0) is 19.6. The van der Waals surface area contributed by atoms with Crippen LogP contribution in [-0.4, -0.2) is 27.3 Å². The maximum absolute atomic E-state index is 6.41. The molecule has 146 valence electrons. The number of piperidine rings is 1. The third-order valence-corrected chi connectivity index (χ3v) is 6.28. The molecular formula is C23H27ClN4. The van der Waals surface area contributed by atoms with Crippen molar-refractivity contribution in [2.45, 2.75) is 63.6 Å². The highest BCUT2D eigenvalue weighted by Crippen LogP contribution is 2.36. The van der Waals surface area contributed by atoms with Gasteiger partial charge in [0.1, 0.15) is 0 Å². The van der Waals surface area contributed by atoms with Crippen molar-refractivity contribution in [3.8, 4) is 0 Å². The molecule has 0 spiro atoms. The Morgan fingerprint density at radius 1 is 1.18 bits per heavy atom. The zero-order valence-corrected chi connectivity index (χ0v) is 17.3. The molecule has 4 heterocycles. The van der Waals surface area contributed by atoms with Gasteiger partial charge in [0.25, 0.3) is 0 Å². The van der Waals surface area contributed by atoms with Crippen molar-refractivity contribution < 1.29 is 0 Å². The monoisotopic (exact) mass is 394 g/mol. The molecule has 1 N–H and O–H groups in total. The topological polar surface area (TPSA) is 50.2 Å². The number of allylic oxidation sites excluding steroid dienone is 1. The maximum atomic E-state index is 6.41. The molecule has 0 bridgehead atoms. The summed E-state index contributed by atoms with van der Waals surface area (Å²) in [5.41, 5.74) is 4.22. The van der Waals surface area contributed by atoms with Gasteiger partial charge in [-0.3, -0.25) is 15.0 Å². The van der Waals surface area contributed by atoms with Gasteiger partial charge in [0.05, 0.1) is 22.3 Å². The second kappa shape index (κ2) is 8.14. The van der Waals surface area contributed by atoms with Gasteiger partial charge in [-0.1, -0.05) is 23.7 Å². The molecule has 0 aromatic carbocycles. The van der Waals surface area contributed by atoms with Crippen LogP contribution >= 0.6 is 11.6 Å². The summed E-state index contributed by atoms with van der Waals surface area (Å²) in [6.07, 6.45) is 13.2. The van der Waals surface area contributed by atoms with E-state index in [1.54, 1.807) is 0 Å². The third kappa shape index (κ3) is 4.03. The Morgan fingerprint density at radius 2 is 2.00 bits per heavy atom. The molecule has 1 saturated heterocycles. The first-order valence-corrected chi connectivity index (χ1v) is 10.5. The average molecular weight is 395 g/mol. The second-order valence-electron chi connectivity index (χ2n) is 8.08. The zero-order valence-electron chi connectivity index (χ0n) is 16.5. The quantitative estimate of drug-likeness (QED) is 0.791. The number of halogens is 1. The van der Waals surface area contributed by atoms with Gasteiger partial charge in [0, 0.05) is 36.3 Å². The molecule has 0 radical (unpaired) electrons. The maximum Gasteiger partial charge on any atom is 0.0770 e. The number of aryl methyl sites for hydroxylation is 1. The number of rotatable bonds is 4. The number of aliphatic imine (C=N–C) groups is 1. The minimum atomic E-state index is -0.160. The lowest BCUT2D eigenvalue weighted by Gasteiger charge is -2.42. The molecule has 2 aromatic heterocycles. The Labute approximate surface area is 172 Å². The van der Waals surface area contributed by atoms with E-state index < -0.39 is 0 Å². The molecule has 28 heavy (non-hydrogen) atoms. The number of hydrogen-bond donors (Lipinski definition) is 1. The van der Waals surface area contributed by atoms with Gasteiger partial charge in [-0.05, 0) is 69.4 Å². The van der Waals surface area contributed by atoms with Crippen LogP contribution in [0.3, 0.4) is 0 Å². The van der Waals surface area contributed by atoms with Crippen LogP contribution in [0.4, 0.5) is 0 Å². The standard InChI is InChI=1S/C23H27ClN4/c1-16-7-5-13-25-20(16)15-17-8-4-12-23(2,28-17)21-11-3-10-19(27-21)22-18(24)9-6-14-26-22/h4-9,13-14,19,21,27H,3,10-12,15H2,1-2H3/t19-,21+,23?/m0/s1. The molecule has 0 saturated carbocycles. The first kappa shape index (κ1) is 19.3. The Hall–Kier alpha value is -2.04. The lowest BCUT2D eigenvalue weighted by molar-refractivity contribution is 0.227. The number of dihydropyridines is 1. The van der Waals surface area contributed by atoms with E-state index in [4.69, 9.17) is 16.6 Å². The molecule has 2 aliphatic heterocycles. The molecule has 4 nitrogen and oxygen atoms in total. The van der Waals surface area contributed by atoms with E-state index in [9.17, 15) is 0 Å². The van der Waals surface area contributed by atoms with Crippen LogP contribution in [0.1, 0.15) is 55.6 Å². The lowest BCUT2D eigenvalue weighted by atomic mass is 9.80. The van der Waals surface area contributed by atoms with Crippen LogP contribution < -0.4 is 5.32 Å². The van der Waals surface area contributed by atoms with E-state index in [1.165, 1.54) is 5.56 Å². The Kier molecular flexibility index (Phi) is 5.61. The van der Waals surface area contributed by atoms with Crippen molar-refractivity contribution in [1.82, 2.24) is 15.3 Å². The summed E-state index contributed by atoms with van der Waals surface area (Å²) >= 11 is 6.41. The van der Waals surface area contributed by atoms with Gasteiger partial charge < -0.3 is 5.32 Å². The predicted octanol–water partition coefficient (Wildman–Crippen LogP) is 5.02. The first-order chi connectivity index (χ1) is 13.5. The summed E-state index contributed by atoms with van der Waals surface area (Å²) in [6, 6.07) is 8.39. The molecule has 1 fully saturated rings. The van der Waals surface area contributed by atoms with Crippen molar-refractivity contribution in [3.05, 3.63) is 70.8 Å². The third-order valence-electron chi connectivity index (χ3n) is 5.96. The number of nitrogens with zero attached hydrogens (tertiary/aromatic N) is 3. The van der Waals surface area contributed by atoms with E-state index in [1.807, 2.05) is 30.6 Å². The number of aromatic nitrogens is 2. The number of nitrogens with one attached hydrogen (secondary N) is 1. The van der Waals surface area contributed by atoms with E-state index in [0.717, 1.165) is 54.2 Å². The van der Waals surface area contributed by atoms with Gasteiger partial charge in [-0.2, -0.15) is 0 Å². The molecule has 0 aliphatic carbocycles. The van der Waals surface area contributed by atoms with Crippen LogP contribution in [0.15, 0.2) is 53.8 Å². The molecule has 0 amide bonds. The molecule has 4 rings (SSSR count). The van der Waals surface area contributed by atoms with Gasteiger partial charge in [0.2, 0.25) is 0 Å². The largest absolute Gasteiger partial charge is 0.303 e. The summed E-state index contributed by atoms with van der Waals surface area (Å²) in [5.74, 6) is 0. The fraction of sp³-hybridized carbons (Fsp3) is 0.435. The molecule has 2 aliphatic rings. The van der Waals surface area contributed by atoms with Crippen LogP contribution in [0.5, 0.6) is 0 Å². The summed E-state index contributed by atoms with van der Waals surface area (Å²) in [6.45, 7) is 4.38. The summed E-state index contributed by atoms with van der Waals surface area (Å²) in [4.78, 5) is 14.3. The SMILES string of the molecule is Cc1cccnc1CC1=NC(C)([C@H]2CCC[C@@H](c3ncccc3Cl)N2)CC=C1. The van der Waals surface area contributed by atoms with E-state index in [0.29, 0.717) is 6.04 Å². The van der Waals surface area contributed by atoms with E-state index in [2.05, 4.69) is 47.4 Å². The molecule has 2 aromatic rings. The smallest absolute Gasteiger partial charge is 0.0770 e. The fourth-order valence-electron chi connectivity index (χ4n) is 4.33. The van der Waals surface area contributed by atoms with Crippen molar-refractivity contribution in [2.24, 2.45) is 4.99 Å². The van der Waals surface area contributed by atoms with Gasteiger partial charge in [0.15, 0.2) is 0 Å². The Morgan fingerprint density at radius 3 is 2.82 bits per heavy atom. The fourth-order valence-corrected chi connectivity index (χ4v) is 4.59. The van der Waals surface area contributed by atoms with Crippen molar-refractivity contribution >= 4 is 17.3 Å². The summed E-state index contributed by atoms with van der Waals surface area (Å²) in [7, 11) is 0. The minimum absolute atomic E-state index is 0.160. The highest BCUT2D eigenvalue weighted by Gasteiger charge is 2.38. The Balaban J connectivity index is 1.54. The van der Waals surface area contributed by atoms with Gasteiger partial charge in [-0.15, -0.1) is 0 Å². The summed E-state index contributed by atoms with van der Waals surface area (Å²) < 4.78 is 0. The second-order valence-corrected chi connectivity index (χ2v) is 8.49. The predicted molar refractivity (Wildman–Crippen MR) is 115 cm³/mol. The number of pyridine rings is 2. The summed E-state index contributed by atoms with van der Waals surface area (Å²) in [5, 5.41) is 4.55. The van der Waals surface area contributed by atoms with Crippen LogP contribution in [0.2, 0.25) is 5.02 Å². The highest BCUT2D eigenvalue weighted by molar-refractivity contribution is 6.31. The van der Waals surface area contributed by atoms with Crippen LogP contribution in [-0.2, 0) is 6.42 Å².